The molecule has 0 bridgehead atoms. The van der Waals surface area contributed by atoms with Crippen LogP contribution < -0.4 is 0 Å². The van der Waals surface area contributed by atoms with E-state index in [1.807, 2.05) is 0 Å². The first-order chi connectivity index (χ1) is 20.0. The lowest BCUT2D eigenvalue weighted by Gasteiger charge is -2.47. The predicted molar refractivity (Wildman–Crippen MR) is 148 cm³/mol. The van der Waals surface area contributed by atoms with Gasteiger partial charge in [0.1, 0.15) is 35.1 Å². The van der Waals surface area contributed by atoms with E-state index in [1.54, 1.807) is 91.0 Å². The van der Waals surface area contributed by atoms with Crippen molar-refractivity contribution in [2.75, 3.05) is 6.61 Å². The summed E-state index contributed by atoms with van der Waals surface area (Å²) in [4.78, 5) is 15.4. The Morgan fingerprint density at radius 1 is 0.881 bits per heavy atom. The van der Waals surface area contributed by atoms with Crippen molar-refractivity contribution in [1.82, 2.24) is 0 Å². The van der Waals surface area contributed by atoms with Gasteiger partial charge >= 0.3 is 15.6 Å². The molecule has 0 aromatic heterocycles. The van der Waals surface area contributed by atoms with E-state index in [1.165, 1.54) is 0 Å². The zero-order valence-corrected chi connectivity index (χ0v) is 24.0. The van der Waals surface area contributed by atoms with Gasteiger partial charge in [-0.2, -0.15) is 21.6 Å². The maximum Gasteiger partial charge on any atom is 0.523 e. The van der Waals surface area contributed by atoms with E-state index in [-0.39, 0.29) is 6.61 Å². The first-order valence-electron chi connectivity index (χ1n) is 12.7. The van der Waals surface area contributed by atoms with Gasteiger partial charge in [0, 0.05) is 15.4 Å². The summed E-state index contributed by atoms with van der Waals surface area (Å²) in [6, 6.07) is 26.2. The van der Waals surface area contributed by atoms with Crippen molar-refractivity contribution in [2.45, 2.75) is 56.7 Å². The Labute approximate surface area is 248 Å². The molecule has 8 nitrogen and oxygen atoms in total. The molecule has 0 unspecified atom stereocenters. The van der Waals surface area contributed by atoms with E-state index < -0.39 is 62.8 Å². The quantitative estimate of drug-likeness (QED) is 0.149. The first-order valence-corrected chi connectivity index (χ1v) is 15.8. The van der Waals surface area contributed by atoms with Crippen LogP contribution in [0.5, 0.6) is 0 Å². The summed E-state index contributed by atoms with van der Waals surface area (Å²) < 4.78 is 85.4. The Kier molecular flexibility index (Phi) is 9.64. The molecule has 42 heavy (non-hydrogen) atoms. The van der Waals surface area contributed by atoms with Crippen molar-refractivity contribution in [3.63, 3.8) is 0 Å². The van der Waals surface area contributed by atoms with Gasteiger partial charge in [-0.25, -0.2) is 0 Å². The Morgan fingerprint density at radius 3 is 1.93 bits per heavy atom. The lowest BCUT2D eigenvalue weighted by Crippen LogP contribution is -2.65. The van der Waals surface area contributed by atoms with Crippen LogP contribution in [-0.4, -0.2) is 66.5 Å². The van der Waals surface area contributed by atoms with Gasteiger partial charge in [-0.05, 0) is 24.3 Å². The standard InChI is InChI=1S/C28H25F3O8S3/c29-28(30,31)42(34,35)39-25-21(32)24(37-20-16-36-26(38-23(20)25)17-10-4-1-5-11-17)22(33)27(40-18-12-6-2-7-13-18)41-19-14-8-3-9-15-19/h1-15,20-21,23-27,32H,16H2/t20-,21+,23+,24-,25-,26+/m1/s1. The highest BCUT2D eigenvalue weighted by atomic mass is 32.2. The van der Waals surface area contributed by atoms with Crippen LogP contribution in [0.25, 0.3) is 0 Å². The predicted octanol–water partition coefficient (Wildman–Crippen LogP) is 4.94. The molecule has 2 heterocycles. The van der Waals surface area contributed by atoms with Crippen molar-refractivity contribution in [3.05, 3.63) is 96.6 Å². The highest BCUT2D eigenvalue weighted by Gasteiger charge is 2.58. The van der Waals surface area contributed by atoms with Gasteiger partial charge in [-0.3, -0.25) is 8.98 Å². The maximum atomic E-state index is 14.0. The second kappa shape index (κ2) is 13.1. The van der Waals surface area contributed by atoms with Crippen molar-refractivity contribution < 1.29 is 49.9 Å². The molecule has 2 aliphatic rings. The number of carbonyl (C=O) groups excluding carboxylic acids is 1. The summed E-state index contributed by atoms with van der Waals surface area (Å²) in [5.41, 5.74) is -5.28. The number of ketones is 1. The van der Waals surface area contributed by atoms with Crippen molar-refractivity contribution in [2.24, 2.45) is 0 Å². The number of halogens is 3. The summed E-state index contributed by atoms with van der Waals surface area (Å²) in [7, 11) is -6.19. The fourth-order valence-corrected chi connectivity index (χ4v) is 7.55. The number of ether oxygens (including phenoxy) is 3. The average Bonchev–Trinajstić information content (AvgIpc) is 2.98. The van der Waals surface area contributed by atoms with Crippen LogP contribution in [0, 0.1) is 0 Å². The van der Waals surface area contributed by atoms with E-state index in [9.17, 15) is 31.5 Å². The van der Waals surface area contributed by atoms with Gasteiger partial charge < -0.3 is 19.3 Å². The monoisotopic (exact) mass is 642 g/mol. The van der Waals surface area contributed by atoms with Crippen LogP contribution in [0.1, 0.15) is 11.9 Å². The first kappa shape index (κ1) is 31.0. The largest absolute Gasteiger partial charge is 0.523 e. The normalized spacial score (nSPS) is 26.5. The molecular weight excluding hydrogens is 617 g/mol. The second-order valence-corrected chi connectivity index (χ2v) is 13.5. The number of fused-ring (bicyclic) bond motifs is 1. The van der Waals surface area contributed by atoms with Crippen molar-refractivity contribution in [3.8, 4) is 0 Å². The highest BCUT2D eigenvalue weighted by Crippen LogP contribution is 2.42. The molecule has 2 fully saturated rings. The SMILES string of the molecule is O=C(C(Sc1ccccc1)Sc1ccccc1)[C@@H]1O[C@@H]2CO[C@H](c3ccccc3)O[C@@H]2[C@H](OS(=O)(=O)C(F)(F)F)[C@H]1O. The Morgan fingerprint density at radius 2 is 1.40 bits per heavy atom. The van der Waals surface area contributed by atoms with Gasteiger partial charge in [-0.15, -0.1) is 23.5 Å². The van der Waals surface area contributed by atoms with Gasteiger partial charge in [0.05, 0.1) is 6.61 Å². The number of Topliss-reactive ketones (excluding diaryl/α,β-unsaturated/α-hetero) is 1. The lowest BCUT2D eigenvalue weighted by atomic mass is 9.92. The highest BCUT2D eigenvalue weighted by molar-refractivity contribution is 8.18. The fourth-order valence-electron chi connectivity index (χ4n) is 4.44. The smallest absolute Gasteiger partial charge is 0.387 e. The minimum absolute atomic E-state index is 0.269. The number of thioether (sulfide) groups is 2. The van der Waals surface area contributed by atoms with Crippen LogP contribution in [0.2, 0.25) is 0 Å². The minimum atomic E-state index is -6.19. The van der Waals surface area contributed by atoms with E-state index in [4.69, 9.17) is 14.2 Å². The second-order valence-electron chi connectivity index (χ2n) is 9.32. The van der Waals surface area contributed by atoms with Gasteiger partial charge in [0.15, 0.2) is 12.1 Å². The zero-order chi connectivity index (χ0) is 29.9. The van der Waals surface area contributed by atoms with Crippen LogP contribution >= 0.6 is 23.5 Å². The summed E-state index contributed by atoms with van der Waals surface area (Å²) >= 11 is 2.31. The zero-order valence-electron chi connectivity index (χ0n) is 21.6. The number of hydrogen-bond acceptors (Lipinski definition) is 10. The molecule has 6 atom stereocenters. The topological polar surface area (TPSA) is 108 Å². The number of rotatable bonds is 9. The van der Waals surface area contributed by atoms with E-state index in [0.29, 0.717) is 15.4 Å². The van der Waals surface area contributed by atoms with E-state index >= 15 is 0 Å². The third-order valence-electron chi connectivity index (χ3n) is 6.43. The minimum Gasteiger partial charge on any atom is -0.387 e. The maximum absolute atomic E-state index is 14.0. The van der Waals surface area contributed by atoms with E-state index in [2.05, 4.69) is 4.18 Å². The number of carbonyl (C=O) groups is 1. The fraction of sp³-hybridized carbons (Fsp3) is 0.321. The molecule has 2 aliphatic heterocycles. The Bertz CT molecular complexity index is 1400. The van der Waals surface area contributed by atoms with Crippen LogP contribution in [0.3, 0.4) is 0 Å². The lowest BCUT2D eigenvalue weighted by molar-refractivity contribution is -0.320. The van der Waals surface area contributed by atoms with Crippen LogP contribution in [0.15, 0.2) is 101 Å². The third kappa shape index (κ3) is 7.03. The number of hydrogen-bond donors (Lipinski definition) is 1. The molecular formula is C28H25F3O8S3. The average molecular weight is 643 g/mol. The van der Waals surface area contributed by atoms with Gasteiger partial charge in [0.2, 0.25) is 0 Å². The molecule has 0 radical (unpaired) electrons. The van der Waals surface area contributed by atoms with Crippen LogP contribution in [-0.2, 0) is 33.3 Å². The Hall–Kier alpha value is -2.43. The third-order valence-corrected chi connectivity index (χ3v) is 10.0. The van der Waals surface area contributed by atoms with Crippen molar-refractivity contribution >= 4 is 39.4 Å². The number of aliphatic hydroxyl groups is 1. The molecule has 224 valence electrons. The summed E-state index contributed by atoms with van der Waals surface area (Å²) in [6.07, 6.45) is -9.84. The number of alkyl halides is 3. The molecule has 2 saturated heterocycles. The molecule has 0 amide bonds. The summed E-state index contributed by atoms with van der Waals surface area (Å²) in [5.74, 6) is -0.688. The summed E-state index contributed by atoms with van der Waals surface area (Å²) in [5, 5.41) is 11.3. The molecule has 5 rings (SSSR count). The molecule has 0 spiro atoms. The van der Waals surface area contributed by atoms with E-state index in [0.717, 1.165) is 23.5 Å². The molecule has 1 N–H and O–H groups in total. The van der Waals surface area contributed by atoms with Crippen molar-refractivity contribution in [1.29, 1.82) is 0 Å². The Balaban J connectivity index is 1.46. The molecule has 3 aromatic rings. The van der Waals surface area contributed by atoms with Gasteiger partial charge in [-0.1, -0.05) is 66.7 Å². The number of aliphatic hydroxyl groups excluding tert-OH is 1. The summed E-state index contributed by atoms with van der Waals surface area (Å²) in [6.45, 7) is -0.269. The van der Waals surface area contributed by atoms with Gasteiger partial charge in [0.25, 0.3) is 0 Å². The van der Waals surface area contributed by atoms with Crippen LogP contribution in [0.4, 0.5) is 13.2 Å². The molecule has 3 aromatic carbocycles. The molecule has 0 aliphatic carbocycles. The molecule has 14 heteroatoms. The number of benzene rings is 3. The molecule has 0 saturated carbocycles.